The fourth-order valence-corrected chi connectivity index (χ4v) is 4.01. The minimum atomic E-state index is -0.918. The number of benzene rings is 3. The molecule has 4 aromatic rings. The molecular weight excluding hydrogens is 464 g/mol. The highest BCUT2D eigenvalue weighted by Gasteiger charge is 2.22. The van der Waals surface area contributed by atoms with Crippen LogP contribution in [0.25, 0.3) is 10.9 Å². The monoisotopic (exact) mass is 488 g/mol. The van der Waals surface area contributed by atoms with Gasteiger partial charge in [-0.25, -0.2) is 4.68 Å². The van der Waals surface area contributed by atoms with Crippen molar-refractivity contribution in [3.8, 4) is 0 Å². The van der Waals surface area contributed by atoms with Gasteiger partial charge in [-0.3, -0.25) is 19.8 Å². The van der Waals surface area contributed by atoms with Gasteiger partial charge >= 0.3 is 11.8 Å². The maximum absolute atomic E-state index is 13.2. The molecule has 0 unspecified atom stereocenters. The summed E-state index contributed by atoms with van der Waals surface area (Å²) in [5, 5.41) is 6.64. The van der Waals surface area contributed by atoms with Crippen molar-refractivity contribution in [3.63, 3.8) is 0 Å². The van der Waals surface area contributed by atoms with E-state index >= 15 is 0 Å². The van der Waals surface area contributed by atoms with Crippen molar-refractivity contribution in [2.24, 2.45) is 0 Å². The van der Waals surface area contributed by atoms with Gasteiger partial charge in [0.15, 0.2) is 0 Å². The van der Waals surface area contributed by atoms with Crippen LogP contribution in [0.15, 0.2) is 60.7 Å². The van der Waals surface area contributed by atoms with Crippen molar-refractivity contribution in [2.75, 3.05) is 16.1 Å². The number of carbonyl (C=O) groups excluding carboxylic acids is 3. The molecule has 3 amide bonds. The van der Waals surface area contributed by atoms with Crippen LogP contribution in [0.2, 0.25) is 5.02 Å². The minimum Gasteiger partial charge on any atom is -0.320 e. The molecule has 0 spiro atoms. The Kier molecular flexibility index (Phi) is 6.62. The third kappa shape index (κ3) is 5.05. The van der Waals surface area contributed by atoms with Crippen molar-refractivity contribution in [1.82, 2.24) is 4.68 Å². The number of rotatable bonds is 4. The van der Waals surface area contributed by atoms with Crippen molar-refractivity contribution in [2.45, 2.75) is 27.7 Å². The molecular formula is C27H25ClN4O3. The first kappa shape index (κ1) is 24.0. The number of nitrogens with one attached hydrogen (secondary N) is 3. The molecule has 8 heteroatoms. The van der Waals surface area contributed by atoms with E-state index in [9.17, 15) is 14.4 Å². The molecule has 3 N–H and O–H groups in total. The molecule has 0 aliphatic heterocycles. The van der Waals surface area contributed by atoms with E-state index in [2.05, 4.69) is 16.1 Å². The summed E-state index contributed by atoms with van der Waals surface area (Å²) < 4.78 is 1.30. The van der Waals surface area contributed by atoms with Crippen LogP contribution < -0.4 is 16.1 Å². The highest BCUT2D eigenvalue weighted by atomic mass is 35.5. The van der Waals surface area contributed by atoms with Gasteiger partial charge in [-0.1, -0.05) is 41.4 Å². The van der Waals surface area contributed by atoms with Gasteiger partial charge in [-0.05, 0) is 80.8 Å². The smallest absolute Gasteiger partial charge is 0.320 e. The molecule has 0 saturated carbocycles. The Hall–Kier alpha value is -4.10. The van der Waals surface area contributed by atoms with Gasteiger partial charge in [0.05, 0.1) is 5.52 Å². The zero-order valence-electron chi connectivity index (χ0n) is 19.8. The van der Waals surface area contributed by atoms with Gasteiger partial charge in [0.25, 0.3) is 5.91 Å². The summed E-state index contributed by atoms with van der Waals surface area (Å²) in [7, 11) is 0. The number of hydrogen-bond acceptors (Lipinski definition) is 3. The fraction of sp³-hybridized carbons (Fsp3) is 0.148. The Morgan fingerprint density at radius 2 is 1.54 bits per heavy atom. The van der Waals surface area contributed by atoms with E-state index in [0.717, 1.165) is 22.3 Å². The van der Waals surface area contributed by atoms with Crippen LogP contribution in [0.1, 0.15) is 32.7 Å². The van der Waals surface area contributed by atoms with Crippen LogP contribution in [0.4, 0.5) is 11.4 Å². The third-order valence-corrected chi connectivity index (χ3v) is 6.13. The van der Waals surface area contributed by atoms with Gasteiger partial charge < -0.3 is 10.6 Å². The standard InChI is InChI=1S/C27H25ClN4O3/c1-15-8-10-21(17(3)12-15)29-25(33)24-14-19-13-20(28)9-11-23(19)32(24)31-27(35)26(34)30-22-7-5-6-16(2)18(22)4/h5-14H,1-4H3,(H,29,33)(H,30,34)(H,31,35). The Labute approximate surface area is 208 Å². The molecule has 1 heterocycles. The number of fused-ring (bicyclic) bond motifs is 1. The first-order chi connectivity index (χ1) is 16.6. The topological polar surface area (TPSA) is 92.2 Å². The van der Waals surface area contributed by atoms with E-state index in [1.165, 1.54) is 4.68 Å². The highest BCUT2D eigenvalue weighted by molar-refractivity contribution is 6.42. The van der Waals surface area contributed by atoms with Crippen molar-refractivity contribution >= 4 is 51.6 Å². The van der Waals surface area contributed by atoms with Crippen LogP contribution in [0.3, 0.4) is 0 Å². The first-order valence-corrected chi connectivity index (χ1v) is 11.4. The van der Waals surface area contributed by atoms with Gasteiger partial charge in [0.2, 0.25) is 0 Å². The lowest BCUT2D eigenvalue weighted by Crippen LogP contribution is -2.36. The number of hydrogen-bond donors (Lipinski definition) is 3. The number of halogens is 1. The zero-order valence-corrected chi connectivity index (χ0v) is 20.6. The number of aryl methyl sites for hydroxylation is 3. The number of anilines is 2. The number of carbonyl (C=O) groups is 3. The van der Waals surface area contributed by atoms with Gasteiger partial charge in [-0.15, -0.1) is 0 Å². The fourth-order valence-electron chi connectivity index (χ4n) is 3.83. The van der Waals surface area contributed by atoms with E-state index in [4.69, 9.17) is 11.6 Å². The molecule has 7 nitrogen and oxygen atoms in total. The van der Waals surface area contributed by atoms with Crippen LogP contribution >= 0.6 is 11.6 Å². The van der Waals surface area contributed by atoms with Crippen LogP contribution in [0, 0.1) is 27.7 Å². The van der Waals surface area contributed by atoms with Gasteiger partial charge in [-0.2, -0.15) is 0 Å². The molecule has 4 rings (SSSR count). The second kappa shape index (κ2) is 9.64. The number of nitrogens with zero attached hydrogens (tertiary/aromatic N) is 1. The maximum atomic E-state index is 13.2. The van der Waals surface area contributed by atoms with E-state index in [0.29, 0.717) is 27.3 Å². The molecule has 0 bridgehead atoms. The number of aromatic nitrogens is 1. The molecule has 0 aliphatic rings. The van der Waals surface area contributed by atoms with Crippen molar-refractivity contribution in [1.29, 1.82) is 0 Å². The number of amides is 3. The van der Waals surface area contributed by atoms with E-state index in [1.54, 1.807) is 36.4 Å². The first-order valence-electron chi connectivity index (χ1n) is 11.0. The molecule has 0 saturated heterocycles. The van der Waals surface area contributed by atoms with Gasteiger partial charge in [0.1, 0.15) is 5.69 Å². The summed E-state index contributed by atoms with van der Waals surface area (Å²) in [6.45, 7) is 7.65. The Morgan fingerprint density at radius 3 is 2.29 bits per heavy atom. The molecule has 0 aliphatic carbocycles. The molecule has 0 fully saturated rings. The lowest BCUT2D eigenvalue weighted by atomic mass is 10.1. The molecule has 1 aromatic heterocycles. The van der Waals surface area contributed by atoms with Gasteiger partial charge in [0, 0.05) is 21.8 Å². The Bertz CT molecular complexity index is 1490. The lowest BCUT2D eigenvalue weighted by molar-refractivity contribution is -0.133. The summed E-state index contributed by atoms with van der Waals surface area (Å²) in [4.78, 5) is 38.8. The normalized spacial score (nSPS) is 10.8. The zero-order chi connectivity index (χ0) is 25.3. The predicted octanol–water partition coefficient (Wildman–Crippen LogP) is 5.49. The van der Waals surface area contributed by atoms with Crippen LogP contribution in [-0.4, -0.2) is 22.4 Å². The Morgan fingerprint density at radius 1 is 0.771 bits per heavy atom. The van der Waals surface area contributed by atoms with Crippen molar-refractivity contribution < 1.29 is 14.4 Å². The quantitative estimate of drug-likeness (QED) is 0.332. The summed E-state index contributed by atoms with van der Waals surface area (Å²) in [5.74, 6) is -2.21. The SMILES string of the molecule is Cc1ccc(NC(=O)c2cc3cc(Cl)ccc3n2NC(=O)C(=O)Nc2cccc(C)c2C)c(C)c1. The van der Waals surface area contributed by atoms with Crippen molar-refractivity contribution in [3.05, 3.63) is 93.6 Å². The average Bonchev–Trinajstić information content (AvgIpc) is 3.16. The van der Waals surface area contributed by atoms with Crippen LogP contribution in [0.5, 0.6) is 0 Å². The summed E-state index contributed by atoms with van der Waals surface area (Å²) in [6.07, 6.45) is 0. The van der Waals surface area contributed by atoms with E-state index in [1.807, 2.05) is 52.0 Å². The predicted molar refractivity (Wildman–Crippen MR) is 140 cm³/mol. The van der Waals surface area contributed by atoms with E-state index in [-0.39, 0.29) is 5.69 Å². The second-order valence-corrected chi connectivity index (χ2v) is 8.92. The minimum absolute atomic E-state index is 0.148. The molecule has 178 valence electrons. The van der Waals surface area contributed by atoms with E-state index < -0.39 is 17.7 Å². The third-order valence-electron chi connectivity index (χ3n) is 5.90. The second-order valence-electron chi connectivity index (χ2n) is 8.48. The summed E-state index contributed by atoms with van der Waals surface area (Å²) in [6, 6.07) is 17.8. The lowest BCUT2D eigenvalue weighted by Gasteiger charge is -2.14. The average molecular weight is 489 g/mol. The largest absolute Gasteiger partial charge is 0.328 e. The molecule has 0 radical (unpaired) electrons. The highest BCUT2D eigenvalue weighted by Crippen LogP contribution is 2.25. The summed E-state index contributed by atoms with van der Waals surface area (Å²) in [5.41, 5.74) is 8.25. The Balaban J connectivity index is 1.65. The van der Waals surface area contributed by atoms with Crippen LogP contribution in [-0.2, 0) is 9.59 Å². The molecule has 35 heavy (non-hydrogen) atoms. The molecule has 0 atom stereocenters. The molecule has 3 aromatic carbocycles. The maximum Gasteiger partial charge on any atom is 0.328 e. The summed E-state index contributed by atoms with van der Waals surface area (Å²) >= 11 is 6.14.